The molecule has 1 aliphatic rings. The molecule has 1 aliphatic heterocycles. The summed E-state index contributed by atoms with van der Waals surface area (Å²) in [6.07, 6.45) is 3.72. The van der Waals surface area contributed by atoms with Gasteiger partial charge in [-0.2, -0.15) is 0 Å². The van der Waals surface area contributed by atoms with E-state index < -0.39 is 0 Å². The van der Waals surface area contributed by atoms with Crippen molar-refractivity contribution in [1.82, 2.24) is 24.5 Å². The lowest BCUT2D eigenvalue weighted by Gasteiger charge is -2.34. The molecule has 152 valence electrons. The van der Waals surface area contributed by atoms with Gasteiger partial charge in [0.15, 0.2) is 10.9 Å². The predicted octanol–water partition coefficient (Wildman–Crippen LogP) is 2.91. The van der Waals surface area contributed by atoms with Gasteiger partial charge in [0, 0.05) is 44.6 Å². The molecule has 3 aromatic rings. The van der Waals surface area contributed by atoms with Crippen molar-refractivity contribution in [2.24, 2.45) is 0 Å². The van der Waals surface area contributed by atoms with Crippen LogP contribution in [0.4, 0.5) is 0 Å². The van der Waals surface area contributed by atoms with Crippen molar-refractivity contribution in [3.05, 3.63) is 59.7 Å². The molecule has 7 nitrogen and oxygen atoms in total. The summed E-state index contributed by atoms with van der Waals surface area (Å²) in [5.74, 6) is 1.43. The summed E-state index contributed by atoms with van der Waals surface area (Å²) in [7, 11) is 0. The summed E-state index contributed by atoms with van der Waals surface area (Å²) in [6.45, 7) is 7.89. The van der Waals surface area contributed by atoms with Crippen molar-refractivity contribution in [2.75, 3.05) is 31.9 Å². The molecule has 0 N–H and O–H groups in total. The molecule has 1 amide bonds. The van der Waals surface area contributed by atoms with Gasteiger partial charge in [-0.25, -0.2) is 4.98 Å². The van der Waals surface area contributed by atoms with Gasteiger partial charge in [0.1, 0.15) is 0 Å². The Hall–Kier alpha value is -2.58. The van der Waals surface area contributed by atoms with Crippen LogP contribution in [0.15, 0.2) is 52.4 Å². The Labute approximate surface area is 174 Å². The molecular weight excluding hydrogens is 386 g/mol. The summed E-state index contributed by atoms with van der Waals surface area (Å²) in [5.41, 5.74) is 3.17. The number of aryl methyl sites for hydroxylation is 2. The van der Waals surface area contributed by atoms with Gasteiger partial charge in [-0.15, -0.1) is 0 Å². The SMILES string of the molecule is Cc1cc(CN2CCN(C(=O)CSc3nccn3-c3ccccc3C)CC2)on1. The fourth-order valence-electron chi connectivity index (χ4n) is 3.50. The van der Waals surface area contributed by atoms with Crippen LogP contribution in [0.2, 0.25) is 0 Å². The van der Waals surface area contributed by atoms with Crippen LogP contribution in [0, 0.1) is 13.8 Å². The molecule has 8 heteroatoms. The van der Waals surface area contributed by atoms with E-state index in [2.05, 4.69) is 34.1 Å². The Bertz CT molecular complexity index is 975. The van der Waals surface area contributed by atoms with Gasteiger partial charge in [0.25, 0.3) is 0 Å². The van der Waals surface area contributed by atoms with Crippen molar-refractivity contribution in [2.45, 2.75) is 25.5 Å². The third-order valence-corrected chi connectivity index (χ3v) is 6.04. The van der Waals surface area contributed by atoms with Crippen LogP contribution in [0.25, 0.3) is 5.69 Å². The van der Waals surface area contributed by atoms with E-state index in [-0.39, 0.29) is 5.91 Å². The van der Waals surface area contributed by atoms with E-state index >= 15 is 0 Å². The highest BCUT2D eigenvalue weighted by molar-refractivity contribution is 7.99. The molecule has 1 aromatic carbocycles. The van der Waals surface area contributed by atoms with Crippen molar-refractivity contribution >= 4 is 17.7 Å². The van der Waals surface area contributed by atoms with Crippen molar-refractivity contribution in [3.63, 3.8) is 0 Å². The minimum absolute atomic E-state index is 0.157. The summed E-state index contributed by atoms with van der Waals surface area (Å²) in [5, 5.41) is 4.77. The zero-order chi connectivity index (χ0) is 20.2. The Kier molecular flexibility index (Phi) is 6.01. The topological polar surface area (TPSA) is 67.4 Å². The van der Waals surface area contributed by atoms with E-state index in [9.17, 15) is 4.79 Å². The van der Waals surface area contributed by atoms with Crippen molar-refractivity contribution in [3.8, 4) is 5.69 Å². The van der Waals surface area contributed by atoms with Gasteiger partial charge in [-0.1, -0.05) is 35.1 Å². The average molecular weight is 412 g/mol. The van der Waals surface area contributed by atoms with Crippen LogP contribution in [0.5, 0.6) is 0 Å². The summed E-state index contributed by atoms with van der Waals surface area (Å²) in [6, 6.07) is 10.1. The Morgan fingerprint density at radius 2 is 1.97 bits per heavy atom. The lowest BCUT2D eigenvalue weighted by Crippen LogP contribution is -2.48. The maximum Gasteiger partial charge on any atom is 0.233 e. The summed E-state index contributed by atoms with van der Waals surface area (Å²) in [4.78, 5) is 21.4. The molecule has 4 rings (SSSR count). The molecule has 1 saturated heterocycles. The number of carbonyl (C=O) groups excluding carboxylic acids is 1. The smallest absolute Gasteiger partial charge is 0.233 e. The first-order valence-electron chi connectivity index (χ1n) is 9.74. The van der Waals surface area contributed by atoms with Gasteiger partial charge >= 0.3 is 0 Å². The fourth-order valence-corrected chi connectivity index (χ4v) is 4.37. The van der Waals surface area contributed by atoms with E-state index in [4.69, 9.17) is 4.52 Å². The number of thioether (sulfide) groups is 1. The monoisotopic (exact) mass is 411 g/mol. The van der Waals surface area contributed by atoms with Crippen LogP contribution in [-0.2, 0) is 11.3 Å². The molecule has 2 aromatic heterocycles. The highest BCUT2D eigenvalue weighted by atomic mass is 32.2. The fraction of sp³-hybridized carbons (Fsp3) is 0.381. The van der Waals surface area contributed by atoms with Gasteiger partial charge < -0.3 is 9.42 Å². The highest BCUT2D eigenvalue weighted by Crippen LogP contribution is 2.23. The number of rotatable bonds is 6. The maximum atomic E-state index is 12.7. The lowest BCUT2D eigenvalue weighted by molar-refractivity contribution is -0.130. The average Bonchev–Trinajstić information content (AvgIpc) is 3.36. The quantitative estimate of drug-likeness (QED) is 0.581. The number of hydrogen-bond acceptors (Lipinski definition) is 6. The number of aromatic nitrogens is 3. The molecule has 3 heterocycles. The predicted molar refractivity (Wildman–Crippen MR) is 112 cm³/mol. The zero-order valence-corrected chi connectivity index (χ0v) is 17.6. The standard InChI is InChI=1S/C21H25N5O2S/c1-16-5-3-4-6-19(16)26-8-7-22-21(26)29-15-20(27)25-11-9-24(10-12-25)14-18-13-17(2)23-28-18/h3-8,13H,9-12,14-15H2,1-2H3. The van der Waals surface area contributed by atoms with Crippen molar-refractivity contribution < 1.29 is 9.32 Å². The number of benzene rings is 1. The van der Waals surface area contributed by atoms with E-state index in [1.807, 2.05) is 40.8 Å². The molecular formula is C21H25N5O2S. The number of nitrogens with zero attached hydrogens (tertiary/aromatic N) is 5. The number of piperazine rings is 1. The number of para-hydroxylation sites is 1. The third kappa shape index (κ3) is 4.71. The molecule has 0 atom stereocenters. The zero-order valence-electron chi connectivity index (χ0n) is 16.7. The summed E-state index contributed by atoms with van der Waals surface area (Å²) >= 11 is 1.49. The Morgan fingerprint density at radius 3 is 2.69 bits per heavy atom. The van der Waals surface area contributed by atoms with Crippen molar-refractivity contribution in [1.29, 1.82) is 0 Å². The normalized spacial score (nSPS) is 15.0. The lowest BCUT2D eigenvalue weighted by atomic mass is 10.2. The molecule has 0 unspecified atom stereocenters. The molecule has 0 bridgehead atoms. The molecule has 0 aliphatic carbocycles. The first-order valence-corrected chi connectivity index (χ1v) is 10.7. The molecule has 0 saturated carbocycles. The first-order chi connectivity index (χ1) is 14.1. The number of amides is 1. The second kappa shape index (κ2) is 8.84. The van der Waals surface area contributed by atoms with Gasteiger partial charge in [-0.3, -0.25) is 14.3 Å². The van der Waals surface area contributed by atoms with Crippen LogP contribution in [0.1, 0.15) is 17.0 Å². The van der Waals surface area contributed by atoms with Gasteiger partial charge in [0.05, 0.1) is 23.7 Å². The van der Waals surface area contributed by atoms with Crippen LogP contribution >= 0.6 is 11.8 Å². The van der Waals surface area contributed by atoms with E-state index in [1.165, 1.54) is 17.3 Å². The first kappa shape index (κ1) is 19.7. The van der Waals surface area contributed by atoms with Gasteiger partial charge in [-0.05, 0) is 25.5 Å². The van der Waals surface area contributed by atoms with Crippen LogP contribution in [0.3, 0.4) is 0 Å². The molecule has 0 spiro atoms. The van der Waals surface area contributed by atoms with Gasteiger partial charge in [0.2, 0.25) is 5.91 Å². The Balaban J connectivity index is 1.29. The van der Waals surface area contributed by atoms with E-state index in [0.29, 0.717) is 5.75 Å². The number of imidazole rings is 1. The van der Waals surface area contributed by atoms with Crippen LogP contribution in [-0.4, -0.2) is 62.3 Å². The second-order valence-corrected chi connectivity index (χ2v) is 8.19. The van der Waals surface area contributed by atoms with E-state index in [1.54, 1.807) is 6.20 Å². The second-order valence-electron chi connectivity index (χ2n) is 7.25. The van der Waals surface area contributed by atoms with E-state index in [0.717, 1.165) is 55.0 Å². The van der Waals surface area contributed by atoms with Crippen LogP contribution < -0.4 is 0 Å². The Morgan fingerprint density at radius 1 is 1.17 bits per heavy atom. The minimum atomic E-state index is 0.157. The number of hydrogen-bond donors (Lipinski definition) is 0. The molecule has 29 heavy (non-hydrogen) atoms. The maximum absolute atomic E-state index is 12.7. The molecule has 1 fully saturated rings. The molecule has 0 radical (unpaired) electrons. The number of carbonyl (C=O) groups is 1. The minimum Gasteiger partial charge on any atom is -0.360 e. The highest BCUT2D eigenvalue weighted by Gasteiger charge is 2.22. The summed E-state index contributed by atoms with van der Waals surface area (Å²) < 4.78 is 7.34. The third-order valence-electron chi connectivity index (χ3n) is 5.09. The largest absolute Gasteiger partial charge is 0.360 e.